The van der Waals surface area contributed by atoms with E-state index >= 15 is 0 Å². The molecule has 3 N–H and O–H groups in total. The smallest absolute Gasteiger partial charge is 0.251 e. The average molecular weight is 263 g/mol. The van der Waals surface area contributed by atoms with Gasteiger partial charge in [-0.15, -0.1) is 0 Å². The molecule has 1 aromatic rings. The van der Waals surface area contributed by atoms with E-state index in [0.717, 1.165) is 5.56 Å². The molecule has 0 saturated carbocycles. The Balaban J connectivity index is 2.62. The quantitative estimate of drug-likeness (QED) is 0.823. The van der Waals surface area contributed by atoms with Gasteiger partial charge in [-0.3, -0.25) is 9.59 Å². The second-order valence-corrected chi connectivity index (χ2v) is 4.71. The Hall–Kier alpha value is -1.88. The fourth-order valence-electron chi connectivity index (χ4n) is 1.70. The lowest BCUT2D eigenvalue weighted by Gasteiger charge is -2.18. The molecule has 0 aliphatic heterocycles. The molecule has 0 fully saturated rings. The van der Waals surface area contributed by atoms with Crippen LogP contribution in [0.4, 0.5) is 0 Å². The van der Waals surface area contributed by atoms with Crippen LogP contribution in [0.15, 0.2) is 24.3 Å². The van der Waals surface area contributed by atoms with Crippen LogP contribution < -0.4 is 11.1 Å². The van der Waals surface area contributed by atoms with E-state index in [1.807, 2.05) is 19.1 Å². The van der Waals surface area contributed by atoms with E-state index < -0.39 is 0 Å². The van der Waals surface area contributed by atoms with Gasteiger partial charge < -0.3 is 16.0 Å². The number of carbonyl (C=O) groups is 2. The summed E-state index contributed by atoms with van der Waals surface area (Å²) in [7, 11) is 3.34. The van der Waals surface area contributed by atoms with Crippen molar-refractivity contribution in [2.24, 2.45) is 5.73 Å². The van der Waals surface area contributed by atoms with Crippen LogP contribution in [-0.4, -0.2) is 36.9 Å². The minimum Gasteiger partial charge on any atom is -0.355 e. The summed E-state index contributed by atoms with van der Waals surface area (Å²) >= 11 is 0. The van der Waals surface area contributed by atoms with Crippen LogP contribution in [-0.2, 0) is 11.3 Å². The minimum absolute atomic E-state index is 0.0189. The van der Waals surface area contributed by atoms with Crippen molar-refractivity contribution >= 4 is 11.8 Å². The predicted octanol–water partition coefficient (Wildman–Crippen LogP) is 0.742. The summed E-state index contributed by atoms with van der Waals surface area (Å²) in [5.41, 5.74) is 7.19. The number of nitrogens with zero attached hydrogens (tertiary/aromatic N) is 1. The minimum atomic E-state index is -0.134. The van der Waals surface area contributed by atoms with Crippen molar-refractivity contribution in [2.45, 2.75) is 25.9 Å². The van der Waals surface area contributed by atoms with Gasteiger partial charge in [0.25, 0.3) is 5.91 Å². The molecule has 0 heterocycles. The molecule has 1 aromatic carbocycles. The molecule has 1 unspecified atom stereocenters. The Morgan fingerprint density at radius 1 is 1.32 bits per heavy atom. The van der Waals surface area contributed by atoms with Gasteiger partial charge in [-0.05, 0) is 24.6 Å². The Bertz CT molecular complexity index is 441. The van der Waals surface area contributed by atoms with Gasteiger partial charge in [-0.1, -0.05) is 12.1 Å². The Kier molecular flexibility index (Phi) is 5.51. The number of amides is 2. The monoisotopic (exact) mass is 263 g/mol. The summed E-state index contributed by atoms with van der Waals surface area (Å²) in [4.78, 5) is 24.8. The van der Waals surface area contributed by atoms with Crippen molar-refractivity contribution in [2.75, 3.05) is 14.1 Å². The molecule has 1 atom stereocenters. The van der Waals surface area contributed by atoms with Gasteiger partial charge in [0, 0.05) is 38.7 Å². The Labute approximate surface area is 113 Å². The third-order valence-electron chi connectivity index (χ3n) is 2.79. The topological polar surface area (TPSA) is 75.4 Å². The van der Waals surface area contributed by atoms with Gasteiger partial charge in [-0.2, -0.15) is 0 Å². The standard InChI is InChI=1S/C14H21N3O2/c1-10(15)8-13(18)17(3)9-11-4-6-12(7-5-11)14(19)16-2/h4-7,10H,8-9,15H2,1-3H3,(H,16,19). The number of hydrogen-bond acceptors (Lipinski definition) is 3. The number of nitrogens with one attached hydrogen (secondary N) is 1. The van der Waals surface area contributed by atoms with Crippen LogP contribution in [0.1, 0.15) is 29.3 Å². The maximum atomic E-state index is 11.8. The van der Waals surface area contributed by atoms with Crippen molar-refractivity contribution in [1.82, 2.24) is 10.2 Å². The van der Waals surface area contributed by atoms with E-state index in [9.17, 15) is 9.59 Å². The van der Waals surface area contributed by atoms with Crippen LogP contribution in [0.25, 0.3) is 0 Å². The van der Waals surface area contributed by atoms with Crippen LogP contribution in [0, 0.1) is 0 Å². The Morgan fingerprint density at radius 3 is 2.37 bits per heavy atom. The fourth-order valence-corrected chi connectivity index (χ4v) is 1.70. The first kappa shape index (κ1) is 15.2. The maximum absolute atomic E-state index is 11.8. The van der Waals surface area contributed by atoms with Crippen molar-refractivity contribution in [3.05, 3.63) is 35.4 Å². The van der Waals surface area contributed by atoms with Crippen LogP contribution >= 0.6 is 0 Å². The molecule has 2 amide bonds. The van der Waals surface area contributed by atoms with Gasteiger partial charge in [0.15, 0.2) is 0 Å². The Morgan fingerprint density at radius 2 is 1.89 bits per heavy atom. The predicted molar refractivity (Wildman–Crippen MR) is 74.6 cm³/mol. The van der Waals surface area contributed by atoms with Crippen LogP contribution in [0.3, 0.4) is 0 Å². The van der Waals surface area contributed by atoms with E-state index in [4.69, 9.17) is 5.73 Å². The molecular formula is C14H21N3O2. The number of benzene rings is 1. The van der Waals surface area contributed by atoms with Gasteiger partial charge in [0.1, 0.15) is 0 Å². The van der Waals surface area contributed by atoms with E-state index in [1.165, 1.54) is 0 Å². The lowest BCUT2D eigenvalue weighted by Crippen LogP contribution is -2.31. The zero-order valence-electron chi connectivity index (χ0n) is 11.6. The normalized spacial score (nSPS) is 11.8. The van der Waals surface area contributed by atoms with Gasteiger partial charge >= 0.3 is 0 Å². The first-order chi connectivity index (χ1) is 8.93. The first-order valence-corrected chi connectivity index (χ1v) is 6.24. The molecule has 0 aromatic heterocycles. The summed E-state index contributed by atoms with van der Waals surface area (Å²) in [6.07, 6.45) is 0.340. The van der Waals surface area contributed by atoms with Gasteiger partial charge in [0.05, 0.1) is 0 Å². The SMILES string of the molecule is CNC(=O)c1ccc(CN(C)C(=O)CC(C)N)cc1. The van der Waals surface area contributed by atoms with Crippen molar-refractivity contribution < 1.29 is 9.59 Å². The molecule has 19 heavy (non-hydrogen) atoms. The van der Waals surface area contributed by atoms with Crippen LogP contribution in [0.5, 0.6) is 0 Å². The molecule has 5 heteroatoms. The summed E-state index contributed by atoms with van der Waals surface area (Å²) in [6.45, 7) is 2.32. The molecule has 0 saturated heterocycles. The number of rotatable bonds is 5. The third kappa shape index (κ3) is 4.71. The zero-order chi connectivity index (χ0) is 14.4. The molecule has 0 spiro atoms. The molecule has 104 valence electrons. The lowest BCUT2D eigenvalue weighted by molar-refractivity contribution is -0.130. The third-order valence-corrected chi connectivity index (χ3v) is 2.79. The van der Waals surface area contributed by atoms with Crippen molar-refractivity contribution in [3.8, 4) is 0 Å². The summed E-state index contributed by atoms with van der Waals surface area (Å²) < 4.78 is 0. The fraction of sp³-hybridized carbons (Fsp3) is 0.429. The van der Waals surface area contributed by atoms with E-state index in [2.05, 4.69) is 5.32 Å². The van der Waals surface area contributed by atoms with E-state index in [-0.39, 0.29) is 17.9 Å². The van der Waals surface area contributed by atoms with E-state index in [0.29, 0.717) is 18.5 Å². The largest absolute Gasteiger partial charge is 0.355 e. The molecule has 5 nitrogen and oxygen atoms in total. The lowest BCUT2D eigenvalue weighted by atomic mass is 10.1. The molecule has 1 rings (SSSR count). The highest BCUT2D eigenvalue weighted by Crippen LogP contribution is 2.08. The average Bonchev–Trinajstić information content (AvgIpc) is 2.37. The maximum Gasteiger partial charge on any atom is 0.251 e. The van der Waals surface area contributed by atoms with Gasteiger partial charge in [0.2, 0.25) is 5.91 Å². The molecule has 0 aliphatic rings. The van der Waals surface area contributed by atoms with Crippen molar-refractivity contribution in [3.63, 3.8) is 0 Å². The summed E-state index contributed by atoms with van der Waals surface area (Å²) in [5, 5.41) is 2.56. The number of hydrogen-bond donors (Lipinski definition) is 2. The summed E-state index contributed by atoms with van der Waals surface area (Å²) in [6, 6.07) is 7.06. The first-order valence-electron chi connectivity index (χ1n) is 6.24. The summed E-state index contributed by atoms with van der Waals surface area (Å²) in [5.74, 6) is -0.0988. The van der Waals surface area contributed by atoms with Crippen LogP contribution in [0.2, 0.25) is 0 Å². The second kappa shape index (κ2) is 6.89. The number of carbonyl (C=O) groups excluding carboxylic acids is 2. The highest BCUT2D eigenvalue weighted by Gasteiger charge is 2.11. The zero-order valence-corrected chi connectivity index (χ0v) is 11.6. The number of nitrogens with two attached hydrogens (primary N) is 1. The molecular weight excluding hydrogens is 242 g/mol. The highest BCUT2D eigenvalue weighted by atomic mass is 16.2. The molecule has 0 bridgehead atoms. The van der Waals surface area contributed by atoms with E-state index in [1.54, 1.807) is 31.1 Å². The molecule has 0 aliphatic carbocycles. The highest BCUT2D eigenvalue weighted by molar-refractivity contribution is 5.93. The molecule has 0 radical (unpaired) electrons. The second-order valence-electron chi connectivity index (χ2n) is 4.71. The van der Waals surface area contributed by atoms with Gasteiger partial charge in [-0.25, -0.2) is 0 Å². The van der Waals surface area contributed by atoms with Crippen molar-refractivity contribution in [1.29, 1.82) is 0 Å².